The van der Waals surface area contributed by atoms with Crippen LogP contribution in [0.4, 0.5) is 0 Å². The van der Waals surface area contributed by atoms with E-state index in [0.29, 0.717) is 5.89 Å². The van der Waals surface area contributed by atoms with E-state index in [9.17, 15) is 0 Å². The van der Waals surface area contributed by atoms with Gasteiger partial charge < -0.3 is 9.15 Å². The van der Waals surface area contributed by atoms with Crippen molar-refractivity contribution in [2.75, 3.05) is 7.11 Å². The lowest BCUT2D eigenvalue weighted by atomic mass is 10.0. The van der Waals surface area contributed by atoms with Gasteiger partial charge in [-0.2, -0.15) is 0 Å². The van der Waals surface area contributed by atoms with Gasteiger partial charge in [0.1, 0.15) is 11.3 Å². The van der Waals surface area contributed by atoms with Crippen LogP contribution in [0.15, 0.2) is 77.2 Å². The van der Waals surface area contributed by atoms with E-state index in [0.717, 1.165) is 33.5 Å². The number of aromatic nitrogens is 1. The Bertz CT molecular complexity index is 922. The Labute approximate surface area is 134 Å². The monoisotopic (exact) mass is 301 g/mol. The maximum atomic E-state index is 5.81. The Morgan fingerprint density at radius 1 is 0.783 bits per heavy atom. The molecular formula is C20H15NO2. The Kier molecular flexibility index (Phi) is 3.31. The van der Waals surface area contributed by atoms with Gasteiger partial charge in [0.05, 0.1) is 7.11 Å². The van der Waals surface area contributed by atoms with Crippen LogP contribution in [0.1, 0.15) is 0 Å². The van der Waals surface area contributed by atoms with Gasteiger partial charge in [-0.15, -0.1) is 0 Å². The van der Waals surface area contributed by atoms with Gasteiger partial charge in [-0.1, -0.05) is 42.5 Å². The molecule has 0 aliphatic rings. The quantitative estimate of drug-likeness (QED) is 0.523. The average molecular weight is 301 g/mol. The number of ether oxygens (including phenoxy) is 1. The van der Waals surface area contributed by atoms with E-state index in [-0.39, 0.29) is 0 Å². The summed E-state index contributed by atoms with van der Waals surface area (Å²) >= 11 is 0. The Hall–Kier alpha value is -3.07. The highest BCUT2D eigenvalue weighted by Crippen LogP contribution is 2.31. The highest BCUT2D eigenvalue weighted by molar-refractivity contribution is 5.77. The van der Waals surface area contributed by atoms with Crippen LogP contribution in [0.25, 0.3) is 33.7 Å². The minimum atomic E-state index is 0.637. The summed E-state index contributed by atoms with van der Waals surface area (Å²) in [5.74, 6) is 1.50. The van der Waals surface area contributed by atoms with Crippen molar-refractivity contribution in [3.05, 3.63) is 72.8 Å². The summed E-state index contributed by atoms with van der Waals surface area (Å²) < 4.78 is 11.2. The molecule has 0 radical (unpaired) electrons. The summed E-state index contributed by atoms with van der Waals surface area (Å²) in [5, 5.41) is 0. The lowest BCUT2D eigenvalue weighted by molar-refractivity contribution is 0.416. The standard InChI is InChI=1S/C20H15NO2/c1-22-18-8-4-2-6-16(18)14-10-12-15(13-11-14)20-21-17-7-3-5-9-19(17)23-20/h2-13H,1H3. The van der Waals surface area contributed by atoms with Crippen LogP contribution in [0, 0.1) is 0 Å². The largest absolute Gasteiger partial charge is 0.496 e. The van der Waals surface area contributed by atoms with Gasteiger partial charge >= 0.3 is 0 Å². The van der Waals surface area contributed by atoms with Crippen molar-refractivity contribution in [3.8, 4) is 28.3 Å². The van der Waals surface area contributed by atoms with Crippen molar-refractivity contribution in [2.24, 2.45) is 0 Å². The van der Waals surface area contributed by atoms with E-state index in [1.807, 2.05) is 60.7 Å². The first-order valence-corrected chi connectivity index (χ1v) is 7.44. The van der Waals surface area contributed by atoms with E-state index in [2.05, 4.69) is 17.1 Å². The number of fused-ring (bicyclic) bond motifs is 1. The molecule has 0 amide bonds. The van der Waals surface area contributed by atoms with Crippen molar-refractivity contribution in [1.82, 2.24) is 4.98 Å². The first kappa shape index (κ1) is 13.6. The Balaban J connectivity index is 1.73. The Morgan fingerprint density at radius 2 is 1.48 bits per heavy atom. The summed E-state index contributed by atoms with van der Waals surface area (Å²) in [5.41, 5.74) is 4.80. The molecule has 0 N–H and O–H groups in total. The van der Waals surface area contributed by atoms with Crippen LogP contribution in [0.3, 0.4) is 0 Å². The fourth-order valence-electron chi connectivity index (χ4n) is 2.67. The number of methoxy groups -OCH3 is 1. The minimum Gasteiger partial charge on any atom is -0.496 e. The molecule has 0 fully saturated rings. The zero-order chi connectivity index (χ0) is 15.6. The topological polar surface area (TPSA) is 35.3 Å². The average Bonchev–Trinajstić information content (AvgIpc) is 3.06. The second-order valence-corrected chi connectivity index (χ2v) is 5.26. The van der Waals surface area contributed by atoms with Gasteiger partial charge in [0.15, 0.2) is 5.58 Å². The number of para-hydroxylation sites is 3. The lowest BCUT2D eigenvalue weighted by Crippen LogP contribution is -1.87. The van der Waals surface area contributed by atoms with E-state index < -0.39 is 0 Å². The van der Waals surface area contributed by atoms with Gasteiger partial charge in [-0.25, -0.2) is 4.98 Å². The number of benzene rings is 3. The molecule has 1 aromatic heterocycles. The fraction of sp³-hybridized carbons (Fsp3) is 0.0500. The molecule has 1 heterocycles. The number of rotatable bonds is 3. The third kappa shape index (κ3) is 2.46. The molecule has 3 aromatic carbocycles. The zero-order valence-corrected chi connectivity index (χ0v) is 12.7. The SMILES string of the molecule is COc1ccccc1-c1ccc(-c2nc3ccccc3o2)cc1. The summed E-state index contributed by atoms with van der Waals surface area (Å²) in [7, 11) is 1.69. The molecule has 0 saturated heterocycles. The molecule has 0 spiro atoms. The van der Waals surface area contributed by atoms with Crippen LogP contribution < -0.4 is 4.74 Å². The smallest absolute Gasteiger partial charge is 0.227 e. The van der Waals surface area contributed by atoms with Gasteiger partial charge in [-0.3, -0.25) is 0 Å². The van der Waals surface area contributed by atoms with Gasteiger partial charge in [-0.05, 0) is 35.9 Å². The molecule has 3 nitrogen and oxygen atoms in total. The van der Waals surface area contributed by atoms with E-state index in [4.69, 9.17) is 9.15 Å². The third-order valence-corrected chi connectivity index (χ3v) is 3.84. The highest BCUT2D eigenvalue weighted by Gasteiger charge is 2.09. The van der Waals surface area contributed by atoms with E-state index >= 15 is 0 Å². The number of hydrogen-bond donors (Lipinski definition) is 0. The first-order valence-electron chi connectivity index (χ1n) is 7.44. The maximum Gasteiger partial charge on any atom is 0.227 e. The van der Waals surface area contributed by atoms with Crippen LogP contribution in [0.5, 0.6) is 5.75 Å². The van der Waals surface area contributed by atoms with Crippen molar-refractivity contribution < 1.29 is 9.15 Å². The molecule has 0 aliphatic carbocycles. The minimum absolute atomic E-state index is 0.637. The number of nitrogens with zero attached hydrogens (tertiary/aromatic N) is 1. The summed E-state index contributed by atoms with van der Waals surface area (Å²) in [6.45, 7) is 0. The summed E-state index contributed by atoms with van der Waals surface area (Å²) in [4.78, 5) is 4.53. The van der Waals surface area contributed by atoms with Gasteiger partial charge in [0.25, 0.3) is 0 Å². The van der Waals surface area contributed by atoms with Crippen LogP contribution in [0.2, 0.25) is 0 Å². The zero-order valence-electron chi connectivity index (χ0n) is 12.7. The molecule has 0 saturated carbocycles. The molecule has 23 heavy (non-hydrogen) atoms. The van der Waals surface area contributed by atoms with Crippen LogP contribution >= 0.6 is 0 Å². The number of hydrogen-bond acceptors (Lipinski definition) is 3. The maximum absolute atomic E-state index is 5.81. The van der Waals surface area contributed by atoms with Gasteiger partial charge in [0.2, 0.25) is 5.89 Å². The molecule has 0 atom stereocenters. The molecule has 4 aromatic rings. The molecule has 0 unspecified atom stereocenters. The first-order chi connectivity index (χ1) is 11.3. The molecular weight excluding hydrogens is 286 g/mol. The molecule has 112 valence electrons. The fourth-order valence-corrected chi connectivity index (χ4v) is 2.67. The Morgan fingerprint density at radius 3 is 2.26 bits per heavy atom. The summed E-state index contributed by atoms with van der Waals surface area (Å²) in [6, 6.07) is 23.9. The second-order valence-electron chi connectivity index (χ2n) is 5.26. The van der Waals surface area contributed by atoms with Crippen molar-refractivity contribution in [2.45, 2.75) is 0 Å². The third-order valence-electron chi connectivity index (χ3n) is 3.84. The molecule has 0 aliphatic heterocycles. The molecule has 0 bridgehead atoms. The second kappa shape index (κ2) is 5.61. The number of oxazole rings is 1. The van der Waals surface area contributed by atoms with Crippen molar-refractivity contribution >= 4 is 11.1 Å². The van der Waals surface area contributed by atoms with Gasteiger partial charge in [0, 0.05) is 11.1 Å². The van der Waals surface area contributed by atoms with Crippen molar-refractivity contribution in [3.63, 3.8) is 0 Å². The van der Waals surface area contributed by atoms with Crippen LogP contribution in [-0.4, -0.2) is 12.1 Å². The predicted octanol–water partition coefficient (Wildman–Crippen LogP) is 5.17. The van der Waals surface area contributed by atoms with E-state index in [1.54, 1.807) is 7.11 Å². The van der Waals surface area contributed by atoms with E-state index in [1.165, 1.54) is 0 Å². The lowest BCUT2D eigenvalue weighted by Gasteiger charge is -2.08. The highest BCUT2D eigenvalue weighted by atomic mass is 16.5. The van der Waals surface area contributed by atoms with Crippen LogP contribution in [-0.2, 0) is 0 Å². The normalized spacial score (nSPS) is 10.8. The predicted molar refractivity (Wildman–Crippen MR) is 91.4 cm³/mol. The molecule has 4 rings (SSSR count). The summed E-state index contributed by atoms with van der Waals surface area (Å²) in [6.07, 6.45) is 0. The van der Waals surface area contributed by atoms with Crippen molar-refractivity contribution in [1.29, 1.82) is 0 Å². The molecule has 3 heteroatoms.